The van der Waals surface area contributed by atoms with Gasteiger partial charge in [0.25, 0.3) is 0 Å². The Morgan fingerprint density at radius 1 is 1.26 bits per heavy atom. The molecule has 9 nitrogen and oxygen atoms in total. The van der Waals surface area contributed by atoms with Crippen molar-refractivity contribution in [1.29, 1.82) is 0 Å². The highest BCUT2D eigenvalue weighted by molar-refractivity contribution is 7.46. The molecule has 0 bridgehead atoms. The first-order valence-corrected chi connectivity index (χ1v) is 13.5. The molecule has 0 radical (unpaired) electrons. The zero-order chi connectivity index (χ0) is 25.8. The number of ketones is 2. The molecule has 3 N–H and O–H groups in total. The van der Waals surface area contributed by atoms with Gasteiger partial charge in [-0.15, -0.1) is 0 Å². The minimum Gasteiger partial charge on any atom is -0.390 e. The van der Waals surface area contributed by atoms with E-state index in [4.69, 9.17) is 9.47 Å². The number of halogens is 1. The van der Waals surface area contributed by atoms with E-state index in [0.717, 1.165) is 0 Å². The Morgan fingerprint density at radius 3 is 2.60 bits per heavy atom. The lowest BCUT2D eigenvalue weighted by Crippen LogP contribution is -2.70. The van der Waals surface area contributed by atoms with Crippen LogP contribution in [0.1, 0.15) is 53.4 Å². The molecule has 0 aromatic carbocycles. The van der Waals surface area contributed by atoms with E-state index in [1.54, 1.807) is 33.8 Å². The number of carbonyl (C=O) groups excluding carboxylic acids is 2. The molecule has 4 aliphatic carbocycles. The average molecular weight is 514 g/mol. The summed E-state index contributed by atoms with van der Waals surface area (Å²) >= 11 is 0. The summed E-state index contributed by atoms with van der Waals surface area (Å²) in [5, 5.41) is 11.5. The van der Waals surface area contributed by atoms with Gasteiger partial charge in [0.1, 0.15) is 6.61 Å². The van der Waals surface area contributed by atoms with Gasteiger partial charge in [-0.3, -0.25) is 14.1 Å². The summed E-state index contributed by atoms with van der Waals surface area (Å²) in [6.07, 6.45) is 3.06. The fraction of sp³-hybridized carbons (Fsp3) is 0.750. The van der Waals surface area contributed by atoms with Crippen molar-refractivity contribution in [3.05, 3.63) is 23.8 Å². The van der Waals surface area contributed by atoms with Gasteiger partial charge in [-0.2, -0.15) is 0 Å². The molecule has 1 saturated heterocycles. The highest BCUT2D eigenvalue weighted by Gasteiger charge is 2.80. The molecule has 0 spiro atoms. The van der Waals surface area contributed by atoms with Crippen molar-refractivity contribution in [1.82, 2.24) is 0 Å². The molecule has 0 unspecified atom stereocenters. The highest BCUT2D eigenvalue weighted by Crippen LogP contribution is 2.72. The third-order valence-electron chi connectivity index (χ3n) is 9.41. The highest BCUT2D eigenvalue weighted by atomic mass is 31.2. The second-order valence-electron chi connectivity index (χ2n) is 11.5. The van der Waals surface area contributed by atoms with Gasteiger partial charge in [-0.25, -0.2) is 8.96 Å². The van der Waals surface area contributed by atoms with Gasteiger partial charge in [-0.1, -0.05) is 18.6 Å². The number of alkyl halides is 1. The SMILES string of the molecule is CC1(C)O[C@H]2C[C@@H]3[C@@H]4CCC5=CC(=O)C=C[C@]5(C)[C@]4(F)[C@@H](O)C[C@]3(C)[C@]2(C(=O)COP(=O)(O)O)O1. The third kappa shape index (κ3) is 3.24. The molecule has 8 atom stereocenters. The number of ether oxygens (including phenoxy) is 2. The fourth-order valence-electron chi connectivity index (χ4n) is 8.06. The molecule has 1 aliphatic heterocycles. The summed E-state index contributed by atoms with van der Waals surface area (Å²) in [5.74, 6) is -3.17. The zero-order valence-electron chi connectivity index (χ0n) is 20.2. The van der Waals surface area contributed by atoms with E-state index in [9.17, 15) is 29.0 Å². The Labute approximate surface area is 202 Å². The van der Waals surface area contributed by atoms with Crippen molar-refractivity contribution in [3.63, 3.8) is 0 Å². The largest absolute Gasteiger partial charge is 0.470 e. The standard InChI is InChI=1S/C24H32FO9P/c1-20(2)33-19-10-16-15-6-5-13-9-14(26)7-8-21(13,3)23(15,25)17(27)11-22(16,4)24(19,34-20)18(28)12-32-35(29,30)31/h7-9,15-17,19,27H,5-6,10-12H2,1-4H3,(H2,29,30,31)/t15-,16+,17-,19-,21-,22-,23+,24+/m0/s1. The number of allylic oxidation sites excluding steroid dienone is 4. The van der Waals surface area contributed by atoms with Gasteiger partial charge < -0.3 is 24.4 Å². The molecule has 3 saturated carbocycles. The maximum Gasteiger partial charge on any atom is 0.470 e. The second kappa shape index (κ2) is 7.40. The number of phosphoric ester groups is 1. The van der Waals surface area contributed by atoms with Crippen LogP contribution < -0.4 is 0 Å². The summed E-state index contributed by atoms with van der Waals surface area (Å²) < 4.78 is 45.5. The van der Waals surface area contributed by atoms with Crippen LogP contribution in [0.4, 0.5) is 4.39 Å². The molecule has 11 heteroatoms. The summed E-state index contributed by atoms with van der Waals surface area (Å²) in [7, 11) is -4.94. The topological polar surface area (TPSA) is 140 Å². The normalized spacial score (nSPS) is 48.0. The van der Waals surface area contributed by atoms with Gasteiger partial charge in [0.05, 0.1) is 12.2 Å². The van der Waals surface area contributed by atoms with E-state index in [0.29, 0.717) is 18.4 Å². The smallest absolute Gasteiger partial charge is 0.390 e. The van der Waals surface area contributed by atoms with Crippen LogP contribution in [0.5, 0.6) is 0 Å². The van der Waals surface area contributed by atoms with Crippen molar-refractivity contribution < 1.29 is 47.4 Å². The number of aliphatic hydroxyl groups is 1. The van der Waals surface area contributed by atoms with Crippen LogP contribution in [0, 0.1) is 22.7 Å². The van der Waals surface area contributed by atoms with Crippen molar-refractivity contribution in [2.45, 2.75) is 82.6 Å². The van der Waals surface area contributed by atoms with Crippen molar-refractivity contribution in [2.24, 2.45) is 22.7 Å². The number of hydrogen-bond donors (Lipinski definition) is 3. The van der Waals surface area contributed by atoms with Crippen molar-refractivity contribution in [3.8, 4) is 0 Å². The van der Waals surface area contributed by atoms with Gasteiger partial charge >= 0.3 is 7.82 Å². The molecular weight excluding hydrogens is 482 g/mol. The lowest BCUT2D eigenvalue weighted by atomic mass is 9.44. The predicted octanol–water partition coefficient (Wildman–Crippen LogP) is 2.54. The summed E-state index contributed by atoms with van der Waals surface area (Å²) in [6, 6.07) is 0. The van der Waals surface area contributed by atoms with Crippen LogP contribution in [-0.2, 0) is 28.2 Å². The lowest BCUT2D eigenvalue weighted by Gasteiger charge is -2.62. The Balaban J connectivity index is 1.59. The Hall–Kier alpha value is -1.26. The third-order valence-corrected chi connectivity index (χ3v) is 9.88. The van der Waals surface area contributed by atoms with E-state index in [1.807, 2.05) is 0 Å². The van der Waals surface area contributed by atoms with Crippen LogP contribution in [0.3, 0.4) is 0 Å². The van der Waals surface area contributed by atoms with E-state index in [1.165, 1.54) is 12.2 Å². The van der Waals surface area contributed by atoms with Gasteiger partial charge in [0, 0.05) is 16.7 Å². The number of hydrogen-bond acceptors (Lipinski definition) is 7. The van der Waals surface area contributed by atoms with Gasteiger partial charge in [0.15, 0.2) is 28.6 Å². The number of fused-ring (bicyclic) bond motifs is 7. The molecular formula is C24H32FO9P. The summed E-state index contributed by atoms with van der Waals surface area (Å²) in [5.41, 5.74) is -5.37. The van der Waals surface area contributed by atoms with Gasteiger partial charge in [-0.05, 0) is 64.5 Å². The summed E-state index contributed by atoms with van der Waals surface area (Å²) in [6.45, 7) is 5.86. The first-order valence-electron chi connectivity index (χ1n) is 11.9. The van der Waals surface area contributed by atoms with E-state index in [-0.39, 0.29) is 18.6 Å². The zero-order valence-corrected chi connectivity index (χ0v) is 21.1. The van der Waals surface area contributed by atoms with E-state index >= 15 is 4.39 Å². The molecule has 5 aliphatic rings. The first kappa shape index (κ1) is 25.4. The van der Waals surface area contributed by atoms with Crippen molar-refractivity contribution >= 4 is 19.4 Å². The predicted molar refractivity (Wildman–Crippen MR) is 120 cm³/mol. The van der Waals surface area contributed by atoms with Crippen molar-refractivity contribution in [2.75, 3.05) is 6.61 Å². The minimum absolute atomic E-state index is 0.132. The summed E-state index contributed by atoms with van der Waals surface area (Å²) in [4.78, 5) is 44.0. The van der Waals surface area contributed by atoms with Crippen LogP contribution in [0.25, 0.3) is 0 Å². The number of rotatable bonds is 4. The number of carbonyl (C=O) groups is 2. The lowest BCUT2D eigenvalue weighted by molar-refractivity contribution is -0.246. The van der Waals surface area contributed by atoms with E-state index < -0.39 is 72.1 Å². The molecule has 5 rings (SSSR count). The Kier molecular flexibility index (Phi) is 5.37. The fourth-order valence-corrected chi connectivity index (χ4v) is 8.34. The Bertz CT molecular complexity index is 1100. The molecule has 0 aromatic rings. The number of phosphoric acid groups is 1. The van der Waals surface area contributed by atoms with Crippen LogP contribution in [0.2, 0.25) is 0 Å². The average Bonchev–Trinajstić information content (AvgIpc) is 3.14. The molecule has 1 heterocycles. The quantitative estimate of drug-likeness (QED) is 0.483. The molecule has 4 fully saturated rings. The van der Waals surface area contributed by atoms with Crippen LogP contribution >= 0.6 is 7.82 Å². The first-order chi connectivity index (χ1) is 16.0. The van der Waals surface area contributed by atoms with Gasteiger partial charge in [0.2, 0.25) is 0 Å². The molecule has 0 amide bonds. The Morgan fingerprint density at radius 2 is 1.94 bits per heavy atom. The van der Waals surface area contributed by atoms with Crippen LogP contribution in [-0.4, -0.2) is 62.3 Å². The van der Waals surface area contributed by atoms with Crippen LogP contribution in [0.15, 0.2) is 23.8 Å². The molecule has 194 valence electrons. The molecule has 35 heavy (non-hydrogen) atoms. The number of Topliss-reactive ketones (excluding diaryl/α,β-unsaturated/α-hetero) is 1. The van der Waals surface area contributed by atoms with E-state index in [2.05, 4.69) is 4.52 Å². The second-order valence-corrected chi connectivity index (χ2v) is 12.8. The monoisotopic (exact) mass is 514 g/mol. The maximum absolute atomic E-state index is 17.3. The number of aliphatic hydroxyl groups excluding tert-OH is 1. The minimum atomic E-state index is -4.94. The maximum atomic E-state index is 17.3. The molecule has 0 aromatic heterocycles.